The van der Waals surface area contributed by atoms with Gasteiger partial charge in [0.15, 0.2) is 0 Å². The number of pyridine rings is 1. The van der Waals surface area contributed by atoms with Crippen molar-refractivity contribution in [3.8, 4) is 0 Å². The number of H-pyrrole nitrogens is 1. The first-order chi connectivity index (χ1) is 13.3. The minimum atomic E-state index is -4.70. The van der Waals surface area contributed by atoms with Gasteiger partial charge in [-0.25, -0.2) is 0 Å². The molecule has 0 saturated carbocycles. The molecule has 0 aliphatic carbocycles. The third-order valence-electron chi connectivity index (χ3n) is 4.30. The van der Waals surface area contributed by atoms with Crippen LogP contribution in [0.3, 0.4) is 0 Å². The van der Waals surface area contributed by atoms with E-state index in [1.165, 1.54) is 6.92 Å². The van der Waals surface area contributed by atoms with Gasteiger partial charge < -0.3 is 10.3 Å². The fraction of sp³-hybridized carbons (Fsp3) is 0.143. The first-order valence-electron chi connectivity index (χ1n) is 8.49. The summed E-state index contributed by atoms with van der Waals surface area (Å²) in [5.41, 5.74) is -1.09. The lowest BCUT2D eigenvalue weighted by atomic mass is 9.98. The Morgan fingerprint density at radius 2 is 1.46 bits per heavy atom. The zero-order valence-corrected chi connectivity index (χ0v) is 14.9. The average Bonchev–Trinajstić information content (AvgIpc) is 2.66. The van der Waals surface area contributed by atoms with Crippen LogP contribution in [0.1, 0.15) is 38.8 Å². The molecule has 0 saturated heterocycles. The second-order valence-electron chi connectivity index (χ2n) is 6.30. The lowest BCUT2D eigenvalue weighted by molar-refractivity contribution is -0.141. The van der Waals surface area contributed by atoms with Crippen LogP contribution in [0.4, 0.5) is 13.2 Å². The molecule has 0 bridgehead atoms. The van der Waals surface area contributed by atoms with Crippen molar-refractivity contribution < 1.29 is 18.0 Å². The molecule has 0 atom stereocenters. The number of benzene rings is 2. The second kappa shape index (κ2) is 7.72. The number of amides is 1. The predicted molar refractivity (Wildman–Crippen MR) is 99.0 cm³/mol. The van der Waals surface area contributed by atoms with E-state index < -0.39 is 29.4 Å². The molecule has 1 aromatic heterocycles. The monoisotopic (exact) mass is 386 g/mol. The van der Waals surface area contributed by atoms with Crippen LogP contribution in [-0.4, -0.2) is 10.9 Å². The highest BCUT2D eigenvalue weighted by molar-refractivity contribution is 5.95. The van der Waals surface area contributed by atoms with E-state index in [-0.39, 0.29) is 11.1 Å². The molecular formula is C21H17F3N2O2. The molecule has 1 heterocycles. The summed E-state index contributed by atoms with van der Waals surface area (Å²) in [4.78, 5) is 26.7. The number of nitrogens with one attached hydrogen (secondary N) is 2. The summed E-state index contributed by atoms with van der Waals surface area (Å²) in [5, 5.41) is 2.77. The minimum absolute atomic E-state index is 0.0477. The van der Waals surface area contributed by atoms with Gasteiger partial charge in [0.05, 0.1) is 6.04 Å². The molecular weight excluding hydrogens is 369 g/mol. The van der Waals surface area contributed by atoms with E-state index in [1.54, 1.807) is 4.98 Å². The van der Waals surface area contributed by atoms with Gasteiger partial charge in [0, 0.05) is 0 Å². The summed E-state index contributed by atoms with van der Waals surface area (Å²) < 4.78 is 38.6. The quantitative estimate of drug-likeness (QED) is 0.705. The summed E-state index contributed by atoms with van der Waals surface area (Å²) in [6, 6.07) is 18.4. The van der Waals surface area contributed by atoms with Gasteiger partial charge in [-0.3, -0.25) is 9.59 Å². The Bertz CT molecular complexity index is 990. The summed E-state index contributed by atoms with van der Waals surface area (Å²) in [6.07, 6.45) is -4.70. The van der Waals surface area contributed by atoms with E-state index >= 15 is 0 Å². The van der Waals surface area contributed by atoms with Crippen molar-refractivity contribution in [1.29, 1.82) is 0 Å². The van der Waals surface area contributed by atoms with E-state index in [2.05, 4.69) is 5.32 Å². The van der Waals surface area contributed by atoms with Crippen molar-refractivity contribution >= 4 is 5.91 Å². The van der Waals surface area contributed by atoms with Crippen molar-refractivity contribution in [3.63, 3.8) is 0 Å². The molecule has 0 spiro atoms. The maximum atomic E-state index is 12.9. The molecule has 2 aromatic carbocycles. The molecule has 0 aliphatic heterocycles. The van der Waals surface area contributed by atoms with Crippen LogP contribution in [0.15, 0.2) is 71.5 Å². The van der Waals surface area contributed by atoms with Gasteiger partial charge in [-0.05, 0) is 29.7 Å². The first-order valence-corrected chi connectivity index (χ1v) is 8.49. The topological polar surface area (TPSA) is 62.0 Å². The number of halogens is 3. The van der Waals surface area contributed by atoms with Gasteiger partial charge in [0.25, 0.3) is 11.5 Å². The van der Waals surface area contributed by atoms with Gasteiger partial charge in [-0.15, -0.1) is 0 Å². The van der Waals surface area contributed by atoms with Crippen LogP contribution in [0.2, 0.25) is 0 Å². The lowest BCUT2D eigenvalue weighted by Crippen LogP contribution is -2.35. The molecule has 2 N–H and O–H groups in total. The summed E-state index contributed by atoms with van der Waals surface area (Å²) in [7, 11) is 0. The number of aryl methyl sites for hydroxylation is 1. The lowest BCUT2D eigenvalue weighted by Gasteiger charge is -2.20. The normalized spacial score (nSPS) is 11.5. The van der Waals surface area contributed by atoms with Crippen LogP contribution >= 0.6 is 0 Å². The number of alkyl halides is 3. The number of carbonyl (C=O) groups is 1. The third kappa shape index (κ3) is 4.14. The van der Waals surface area contributed by atoms with Crippen molar-refractivity contribution in [1.82, 2.24) is 10.3 Å². The Morgan fingerprint density at radius 1 is 0.964 bits per heavy atom. The van der Waals surface area contributed by atoms with E-state index in [9.17, 15) is 22.8 Å². The SMILES string of the molecule is Cc1cc(C(F)(F)F)[nH]c(=O)c1C(=O)NC(c1ccccc1)c1ccccc1. The maximum Gasteiger partial charge on any atom is 0.431 e. The molecule has 3 rings (SSSR count). The molecule has 28 heavy (non-hydrogen) atoms. The van der Waals surface area contributed by atoms with Crippen molar-refractivity contribution in [2.75, 3.05) is 0 Å². The molecule has 144 valence electrons. The molecule has 7 heteroatoms. The van der Waals surface area contributed by atoms with E-state index in [0.717, 1.165) is 17.2 Å². The van der Waals surface area contributed by atoms with Crippen molar-refractivity contribution in [3.05, 3.63) is 105 Å². The van der Waals surface area contributed by atoms with E-state index in [1.807, 2.05) is 60.7 Å². The number of hydrogen-bond donors (Lipinski definition) is 2. The summed E-state index contributed by atoms with van der Waals surface area (Å²) >= 11 is 0. The maximum absolute atomic E-state index is 12.9. The highest BCUT2D eigenvalue weighted by atomic mass is 19.4. The largest absolute Gasteiger partial charge is 0.431 e. The fourth-order valence-electron chi connectivity index (χ4n) is 2.98. The molecule has 0 unspecified atom stereocenters. The van der Waals surface area contributed by atoms with E-state index in [4.69, 9.17) is 0 Å². The van der Waals surface area contributed by atoms with Crippen molar-refractivity contribution in [2.45, 2.75) is 19.1 Å². The first kappa shape index (κ1) is 19.4. The molecule has 0 fully saturated rings. The Hall–Kier alpha value is -3.35. The fourth-order valence-corrected chi connectivity index (χ4v) is 2.98. The van der Waals surface area contributed by atoms with Gasteiger partial charge in [-0.1, -0.05) is 60.7 Å². The Labute approximate surface area is 159 Å². The number of hydrogen-bond acceptors (Lipinski definition) is 2. The number of rotatable bonds is 4. The Morgan fingerprint density at radius 3 is 1.89 bits per heavy atom. The Kier molecular flexibility index (Phi) is 5.35. The number of carbonyl (C=O) groups excluding carboxylic acids is 1. The van der Waals surface area contributed by atoms with Gasteiger partial charge in [0.1, 0.15) is 11.3 Å². The summed E-state index contributed by atoms with van der Waals surface area (Å²) in [5.74, 6) is -0.745. The Balaban J connectivity index is 1.99. The highest BCUT2D eigenvalue weighted by Crippen LogP contribution is 2.28. The standard InChI is InChI=1S/C21H17F3N2O2/c1-13-12-16(21(22,23)24)25-19(27)17(13)20(28)26-18(14-8-4-2-5-9-14)15-10-6-3-7-11-15/h2-12,18H,1H3,(H,25,27)(H,26,28). The number of aromatic amines is 1. The molecule has 0 aliphatic rings. The van der Waals surface area contributed by atoms with Gasteiger partial charge >= 0.3 is 6.18 Å². The van der Waals surface area contributed by atoms with Gasteiger partial charge in [-0.2, -0.15) is 13.2 Å². The average molecular weight is 386 g/mol. The zero-order chi connectivity index (χ0) is 20.3. The predicted octanol–water partition coefficient (Wildman–Crippen LogP) is 4.22. The second-order valence-corrected chi connectivity index (χ2v) is 6.30. The summed E-state index contributed by atoms with van der Waals surface area (Å²) in [6.45, 7) is 1.30. The van der Waals surface area contributed by atoms with Crippen LogP contribution in [-0.2, 0) is 6.18 Å². The highest BCUT2D eigenvalue weighted by Gasteiger charge is 2.33. The van der Waals surface area contributed by atoms with Crippen molar-refractivity contribution in [2.24, 2.45) is 0 Å². The van der Waals surface area contributed by atoms with Crippen LogP contribution < -0.4 is 10.9 Å². The zero-order valence-electron chi connectivity index (χ0n) is 14.9. The minimum Gasteiger partial charge on any atom is -0.341 e. The molecule has 0 radical (unpaired) electrons. The molecule has 1 amide bonds. The van der Waals surface area contributed by atoms with Crippen LogP contribution in [0, 0.1) is 6.92 Å². The van der Waals surface area contributed by atoms with Gasteiger partial charge in [0.2, 0.25) is 0 Å². The van der Waals surface area contributed by atoms with Crippen LogP contribution in [0.25, 0.3) is 0 Å². The smallest absolute Gasteiger partial charge is 0.341 e. The van der Waals surface area contributed by atoms with E-state index in [0.29, 0.717) is 0 Å². The molecule has 3 aromatic rings. The number of aromatic nitrogens is 1. The third-order valence-corrected chi connectivity index (χ3v) is 4.30. The van der Waals surface area contributed by atoms with Crippen LogP contribution in [0.5, 0.6) is 0 Å². The molecule has 4 nitrogen and oxygen atoms in total.